The van der Waals surface area contributed by atoms with Gasteiger partial charge in [-0.15, -0.1) is 0 Å². The lowest BCUT2D eigenvalue weighted by Crippen LogP contribution is -2.51. The molecule has 0 saturated carbocycles. The molecule has 98 valence electrons. The first-order valence-electron chi connectivity index (χ1n) is 6.44. The van der Waals surface area contributed by atoms with Crippen LogP contribution in [0, 0.1) is 5.92 Å². The van der Waals surface area contributed by atoms with Gasteiger partial charge in [-0.25, -0.2) is 0 Å². The van der Waals surface area contributed by atoms with Crippen molar-refractivity contribution in [3.8, 4) is 0 Å². The van der Waals surface area contributed by atoms with Crippen molar-refractivity contribution in [1.82, 2.24) is 5.32 Å². The van der Waals surface area contributed by atoms with E-state index >= 15 is 0 Å². The van der Waals surface area contributed by atoms with Crippen molar-refractivity contribution >= 4 is 5.91 Å². The number of nitrogens with two attached hydrogens (primary N) is 1. The molecule has 2 rings (SSSR count). The maximum atomic E-state index is 12.0. The van der Waals surface area contributed by atoms with Gasteiger partial charge < -0.3 is 20.5 Å². The lowest BCUT2D eigenvalue weighted by molar-refractivity contribution is -0.125. The summed E-state index contributed by atoms with van der Waals surface area (Å²) < 4.78 is 10.7. The summed E-state index contributed by atoms with van der Waals surface area (Å²) in [6.45, 7) is 4.14. The highest BCUT2D eigenvalue weighted by Gasteiger charge is 2.31. The van der Waals surface area contributed by atoms with E-state index in [2.05, 4.69) is 5.32 Å². The fraction of sp³-hybridized carbons (Fsp3) is 0.917. The van der Waals surface area contributed by atoms with Gasteiger partial charge >= 0.3 is 0 Å². The maximum Gasteiger partial charge on any atom is 0.237 e. The van der Waals surface area contributed by atoms with Crippen molar-refractivity contribution in [3.05, 3.63) is 0 Å². The van der Waals surface area contributed by atoms with Gasteiger partial charge in [-0.2, -0.15) is 0 Å². The first-order valence-corrected chi connectivity index (χ1v) is 6.44. The third kappa shape index (κ3) is 3.18. The second-order valence-electron chi connectivity index (χ2n) is 4.96. The van der Waals surface area contributed by atoms with Gasteiger partial charge in [0.2, 0.25) is 5.91 Å². The Kier molecular flexibility index (Phi) is 4.36. The van der Waals surface area contributed by atoms with E-state index in [0.29, 0.717) is 13.2 Å². The molecule has 0 bridgehead atoms. The molecule has 17 heavy (non-hydrogen) atoms. The average Bonchev–Trinajstić information content (AvgIpc) is 2.75. The van der Waals surface area contributed by atoms with E-state index in [0.717, 1.165) is 25.9 Å². The van der Waals surface area contributed by atoms with E-state index in [1.165, 1.54) is 0 Å². The molecule has 3 atom stereocenters. The summed E-state index contributed by atoms with van der Waals surface area (Å²) in [4.78, 5) is 12.0. The first kappa shape index (κ1) is 12.8. The quantitative estimate of drug-likeness (QED) is 0.732. The third-order valence-corrected chi connectivity index (χ3v) is 3.78. The van der Waals surface area contributed by atoms with Crippen molar-refractivity contribution in [2.75, 3.05) is 19.8 Å². The van der Waals surface area contributed by atoms with E-state index in [9.17, 15) is 4.79 Å². The van der Waals surface area contributed by atoms with E-state index in [-0.39, 0.29) is 24.0 Å². The number of carbonyl (C=O) groups excluding carboxylic acids is 1. The van der Waals surface area contributed by atoms with Gasteiger partial charge in [0, 0.05) is 19.8 Å². The molecule has 3 N–H and O–H groups in total. The summed E-state index contributed by atoms with van der Waals surface area (Å²) in [7, 11) is 0. The number of ether oxygens (including phenoxy) is 2. The molecule has 0 aromatic heterocycles. The molecule has 2 aliphatic heterocycles. The predicted octanol–water partition coefficient (Wildman–Crippen LogP) is 0.0339. The Labute approximate surface area is 102 Å². The second-order valence-corrected chi connectivity index (χ2v) is 4.96. The van der Waals surface area contributed by atoms with Crippen LogP contribution in [0.3, 0.4) is 0 Å². The number of nitrogens with one attached hydrogen (secondary N) is 1. The van der Waals surface area contributed by atoms with E-state index in [1.54, 1.807) is 0 Å². The molecule has 0 radical (unpaired) electrons. The van der Waals surface area contributed by atoms with Crippen LogP contribution in [0.25, 0.3) is 0 Å². The van der Waals surface area contributed by atoms with Crippen LogP contribution < -0.4 is 11.1 Å². The lowest BCUT2D eigenvalue weighted by atomic mass is 9.91. The Balaban J connectivity index is 1.81. The van der Waals surface area contributed by atoms with Gasteiger partial charge in [0.05, 0.1) is 18.2 Å². The highest BCUT2D eigenvalue weighted by atomic mass is 16.5. The Morgan fingerprint density at radius 1 is 1.29 bits per heavy atom. The summed E-state index contributed by atoms with van der Waals surface area (Å²) in [5.41, 5.74) is 6.01. The minimum absolute atomic E-state index is 0.0424. The van der Waals surface area contributed by atoms with Crippen molar-refractivity contribution < 1.29 is 14.3 Å². The highest BCUT2D eigenvalue weighted by Crippen LogP contribution is 2.19. The number of hydrogen-bond acceptors (Lipinski definition) is 4. The molecule has 3 unspecified atom stereocenters. The topological polar surface area (TPSA) is 73.6 Å². The van der Waals surface area contributed by atoms with E-state index in [4.69, 9.17) is 15.2 Å². The van der Waals surface area contributed by atoms with Gasteiger partial charge in [-0.3, -0.25) is 4.79 Å². The summed E-state index contributed by atoms with van der Waals surface area (Å²) in [5, 5.41) is 3.00. The molecule has 2 aliphatic rings. The van der Waals surface area contributed by atoms with Crippen molar-refractivity contribution in [1.29, 1.82) is 0 Å². The molecule has 0 aromatic rings. The minimum atomic E-state index is -0.410. The molecule has 2 saturated heterocycles. The molecular weight excluding hydrogens is 220 g/mol. The fourth-order valence-electron chi connectivity index (χ4n) is 2.49. The maximum absolute atomic E-state index is 12.0. The van der Waals surface area contributed by atoms with Crippen LogP contribution >= 0.6 is 0 Å². The fourth-order valence-corrected chi connectivity index (χ4v) is 2.49. The van der Waals surface area contributed by atoms with Crippen LogP contribution in [-0.4, -0.2) is 43.9 Å². The SMILES string of the molecule is CC1OCCC1NC(=O)C(N)C1CCOCC1. The van der Waals surface area contributed by atoms with Crippen molar-refractivity contribution in [2.45, 2.75) is 44.4 Å². The summed E-state index contributed by atoms with van der Waals surface area (Å²) in [5.74, 6) is 0.209. The van der Waals surface area contributed by atoms with Gasteiger partial charge in [0.25, 0.3) is 0 Å². The van der Waals surface area contributed by atoms with E-state index < -0.39 is 6.04 Å². The molecule has 1 amide bonds. The lowest BCUT2D eigenvalue weighted by Gasteiger charge is -2.28. The van der Waals surface area contributed by atoms with Crippen LogP contribution in [-0.2, 0) is 14.3 Å². The molecule has 0 spiro atoms. The molecule has 2 heterocycles. The van der Waals surface area contributed by atoms with Crippen LogP contribution in [0.2, 0.25) is 0 Å². The van der Waals surface area contributed by atoms with Gasteiger partial charge in [-0.05, 0) is 32.1 Å². The van der Waals surface area contributed by atoms with Gasteiger partial charge in [0.1, 0.15) is 0 Å². The third-order valence-electron chi connectivity index (χ3n) is 3.78. The van der Waals surface area contributed by atoms with Crippen LogP contribution in [0.15, 0.2) is 0 Å². The predicted molar refractivity (Wildman–Crippen MR) is 63.5 cm³/mol. The second kappa shape index (κ2) is 5.80. The smallest absolute Gasteiger partial charge is 0.237 e. The summed E-state index contributed by atoms with van der Waals surface area (Å²) >= 11 is 0. The normalized spacial score (nSPS) is 32.4. The summed E-state index contributed by atoms with van der Waals surface area (Å²) in [6.07, 6.45) is 2.74. The average molecular weight is 242 g/mol. The van der Waals surface area contributed by atoms with Gasteiger partial charge in [-0.1, -0.05) is 0 Å². The molecule has 2 fully saturated rings. The zero-order valence-corrected chi connectivity index (χ0v) is 10.4. The Bertz CT molecular complexity index is 266. The van der Waals surface area contributed by atoms with Gasteiger partial charge in [0.15, 0.2) is 0 Å². The number of carbonyl (C=O) groups is 1. The summed E-state index contributed by atoms with van der Waals surface area (Å²) in [6, 6.07) is -0.292. The van der Waals surface area contributed by atoms with Crippen LogP contribution in [0.5, 0.6) is 0 Å². The van der Waals surface area contributed by atoms with Crippen LogP contribution in [0.1, 0.15) is 26.2 Å². The highest BCUT2D eigenvalue weighted by molar-refractivity contribution is 5.82. The zero-order chi connectivity index (χ0) is 12.3. The molecule has 0 aliphatic carbocycles. The van der Waals surface area contributed by atoms with Crippen LogP contribution in [0.4, 0.5) is 0 Å². The largest absolute Gasteiger partial charge is 0.381 e. The molecular formula is C12H22N2O3. The van der Waals surface area contributed by atoms with E-state index in [1.807, 2.05) is 6.92 Å². The van der Waals surface area contributed by atoms with Crippen molar-refractivity contribution in [2.24, 2.45) is 11.7 Å². The molecule has 5 nitrogen and oxygen atoms in total. The Hall–Kier alpha value is -0.650. The van der Waals surface area contributed by atoms with Crippen molar-refractivity contribution in [3.63, 3.8) is 0 Å². The molecule has 5 heteroatoms. The monoisotopic (exact) mass is 242 g/mol. The number of amides is 1. The first-order chi connectivity index (χ1) is 8.18. The minimum Gasteiger partial charge on any atom is -0.381 e. The number of hydrogen-bond donors (Lipinski definition) is 2. The molecule has 0 aromatic carbocycles. The number of rotatable bonds is 3. The zero-order valence-electron chi connectivity index (χ0n) is 10.4. The Morgan fingerprint density at radius 3 is 2.59 bits per heavy atom. The standard InChI is InChI=1S/C12H22N2O3/c1-8-10(4-7-17-8)14-12(15)11(13)9-2-5-16-6-3-9/h8-11H,2-7,13H2,1H3,(H,14,15). The Morgan fingerprint density at radius 2 is 2.00 bits per heavy atom.